The predicted molar refractivity (Wildman–Crippen MR) is 159 cm³/mol. The standard InChI is InChI=1S/C23H34N4O3.C8H8O3/c1-4-8-19(22(28)25-2)15-17-9-11-18(12-10-17)21-20(16-26-27(3)23(21)29)30-14-7-5-6-13-24;1-5(9)8-6(10)3-2-4-7(8)11/h9-12,16,19H,4-8,13-15,24H2,1-3H3,(H,25,28);2-4,10-11H,1H3/t19-;/m0./s1. The molecule has 0 fully saturated rings. The number of aryl methyl sites for hydroxylation is 1. The summed E-state index contributed by atoms with van der Waals surface area (Å²) in [4.78, 5) is 35.6. The first kappa shape index (κ1) is 33.0. The number of ketones is 1. The van der Waals surface area contributed by atoms with Gasteiger partial charge in [-0.1, -0.05) is 43.7 Å². The third-order valence-electron chi connectivity index (χ3n) is 6.56. The van der Waals surface area contributed by atoms with Crippen molar-refractivity contribution in [3.63, 3.8) is 0 Å². The first-order chi connectivity index (χ1) is 19.6. The average Bonchev–Trinajstić information content (AvgIpc) is 2.95. The van der Waals surface area contributed by atoms with Gasteiger partial charge in [0.05, 0.1) is 18.4 Å². The average molecular weight is 567 g/mol. The summed E-state index contributed by atoms with van der Waals surface area (Å²) >= 11 is 0. The molecule has 0 spiro atoms. The number of nitrogens with zero attached hydrogens (tertiary/aromatic N) is 2. The van der Waals surface area contributed by atoms with E-state index in [2.05, 4.69) is 17.3 Å². The number of ether oxygens (including phenoxy) is 1. The van der Waals surface area contributed by atoms with Crippen molar-refractivity contribution in [1.29, 1.82) is 0 Å². The van der Waals surface area contributed by atoms with Gasteiger partial charge in [0.2, 0.25) is 5.91 Å². The Morgan fingerprint density at radius 3 is 2.27 bits per heavy atom. The van der Waals surface area contributed by atoms with Crippen LogP contribution in [0.5, 0.6) is 17.2 Å². The number of aromatic nitrogens is 2. The Kier molecular flexibility index (Phi) is 13.5. The van der Waals surface area contributed by atoms with E-state index in [0.717, 1.165) is 43.2 Å². The van der Waals surface area contributed by atoms with E-state index in [0.29, 0.717) is 30.9 Å². The van der Waals surface area contributed by atoms with Crippen LogP contribution in [0.15, 0.2) is 53.5 Å². The van der Waals surface area contributed by atoms with Crippen LogP contribution in [-0.2, 0) is 18.3 Å². The zero-order chi connectivity index (χ0) is 30.4. The molecule has 0 unspecified atom stereocenters. The Hall–Kier alpha value is -4.18. The second-order valence-corrected chi connectivity index (χ2v) is 9.74. The summed E-state index contributed by atoms with van der Waals surface area (Å²) < 4.78 is 7.19. The molecule has 1 atom stereocenters. The maximum absolute atomic E-state index is 12.8. The number of amides is 1. The number of hydrogen-bond acceptors (Lipinski definition) is 8. The topological polar surface area (TPSA) is 157 Å². The summed E-state index contributed by atoms with van der Waals surface area (Å²) in [6.07, 6.45) is 6.89. The first-order valence-corrected chi connectivity index (χ1v) is 13.9. The van der Waals surface area contributed by atoms with Gasteiger partial charge < -0.3 is 26.0 Å². The molecule has 0 radical (unpaired) electrons. The lowest BCUT2D eigenvalue weighted by Crippen LogP contribution is -2.28. The molecule has 3 aromatic rings. The van der Waals surface area contributed by atoms with Crippen LogP contribution in [0.4, 0.5) is 0 Å². The molecule has 0 aliphatic heterocycles. The lowest BCUT2D eigenvalue weighted by atomic mass is 9.93. The van der Waals surface area contributed by atoms with Gasteiger partial charge >= 0.3 is 0 Å². The second-order valence-electron chi connectivity index (χ2n) is 9.74. The SMILES string of the molecule is CC(=O)c1c(O)cccc1O.CCC[C@@H](Cc1ccc(-c2c(OCCCCCN)cnn(C)c2=O)cc1)C(=O)NC. The van der Waals surface area contributed by atoms with Crippen LogP contribution in [0.25, 0.3) is 11.1 Å². The lowest BCUT2D eigenvalue weighted by molar-refractivity contribution is -0.124. The zero-order valence-electron chi connectivity index (χ0n) is 24.4. The molecule has 10 nitrogen and oxygen atoms in total. The summed E-state index contributed by atoms with van der Waals surface area (Å²) in [6, 6.07) is 12.0. The number of carbonyl (C=O) groups is 2. The van der Waals surface area contributed by atoms with Crippen LogP contribution < -0.4 is 21.3 Å². The van der Waals surface area contributed by atoms with Crippen molar-refractivity contribution < 1.29 is 24.5 Å². The number of aromatic hydroxyl groups is 2. The number of Topliss-reactive ketones (excluding diaryl/α,β-unsaturated/α-hetero) is 1. The van der Waals surface area contributed by atoms with Crippen LogP contribution in [0.2, 0.25) is 0 Å². The number of hydrogen-bond donors (Lipinski definition) is 4. The minimum atomic E-state index is -0.347. The van der Waals surface area contributed by atoms with Gasteiger partial charge in [-0.15, -0.1) is 0 Å². The van der Waals surface area contributed by atoms with E-state index in [1.807, 2.05) is 24.3 Å². The number of benzene rings is 2. The minimum Gasteiger partial charge on any atom is -0.507 e. The summed E-state index contributed by atoms with van der Waals surface area (Å²) in [6.45, 7) is 4.55. The summed E-state index contributed by atoms with van der Waals surface area (Å²) in [5, 5.41) is 25.0. The molecule has 0 saturated carbocycles. The number of carbonyl (C=O) groups excluding carboxylic acids is 2. The maximum atomic E-state index is 12.8. The highest BCUT2D eigenvalue weighted by Gasteiger charge is 2.18. The molecule has 10 heteroatoms. The number of phenols is 2. The van der Waals surface area contributed by atoms with Gasteiger partial charge in [-0.25, -0.2) is 4.68 Å². The second kappa shape index (κ2) is 16.8. The van der Waals surface area contributed by atoms with Crippen molar-refractivity contribution in [3.05, 3.63) is 70.1 Å². The lowest BCUT2D eigenvalue weighted by Gasteiger charge is -2.15. The molecule has 2 aromatic carbocycles. The normalized spacial score (nSPS) is 11.2. The Bertz CT molecular complexity index is 1320. The molecule has 0 aliphatic rings. The first-order valence-electron chi connectivity index (χ1n) is 13.9. The summed E-state index contributed by atoms with van der Waals surface area (Å²) in [5.41, 5.74) is 7.66. The van der Waals surface area contributed by atoms with Gasteiger partial charge in [0.15, 0.2) is 11.5 Å². The summed E-state index contributed by atoms with van der Waals surface area (Å²) in [5.74, 6) is -0.204. The summed E-state index contributed by atoms with van der Waals surface area (Å²) in [7, 11) is 3.30. The van der Waals surface area contributed by atoms with E-state index in [9.17, 15) is 14.4 Å². The molecule has 41 heavy (non-hydrogen) atoms. The molecule has 3 rings (SSSR count). The van der Waals surface area contributed by atoms with Crippen LogP contribution in [-0.4, -0.2) is 51.9 Å². The third kappa shape index (κ3) is 9.75. The van der Waals surface area contributed by atoms with Crippen molar-refractivity contribution in [2.45, 2.75) is 52.4 Å². The van der Waals surface area contributed by atoms with Crippen LogP contribution in [0.3, 0.4) is 0 Å². The van der Waals surface area contributed by atoms with E-state index >= 15 is 0 Å². The van der Waals surface area contributed by atoms with Gasteiger partial charge in [-0.3, -0.25) is 14.4 Å². The predicted octanol–water partition coefficient (Wildman–Crippen LogP) is 3.96. The van der Waals surface area contributed by atoms with E-state index in [-0.39, 0.29) is 40.2 Å². The quantitative estimate of drug-likeness (QED) is 0.179. The van der Waals surface area contributed by atoms with Crippen LogP contribution in [0.1, 0.15) is 61.9 Å². The van der Waals surface area contributed by atoms with Crippen molar-refractivity contribution in [2.24, 2.45) is 18.7 Å². The van der Waals surface area contributed by atoms with Crippen molar-refractivity contribution >= 4 is 11.7 Å². The van der Waals surface area contributed by atoms with Gasteiger partial charge in [0.25, 0.3) is 5.56 Å². The smallest absolute Gasteiger partial charge is 0.278 e. The fourth-order valence-corrected chi connectivity index (χ4v) is 4.36. The molecule has 0 aliphatic carbocycles. The van der Waals surface area contributed by atoms with Crippen molar-refractivity contribution in [2.75, 3.05) is 20.2 Å². The Labute approximate surface area is 241 Å². The Morgan fingerprint density at radius 1 is 1.07 bits per heavy atom. The number of nitrogens with one attached hydrogen (secondary N) is 1. The van der Waals surface area contributed by atoms with Gasteiger partial charge in [-0.05, 0) is 68.8 Å². The molecule has 5 N–H and O–H groups in total. The van der Waals surface area contributed by atoms with E-state index in [4.69, 9.17) is 20.7 Å². The zero-order valence-corrected chi connectivity index (χ0v) is 24.4. The van der Waals surface area contributed by atoms with Gasteiger partial charge in [-0.2, -0.15) is 5.10 Å². The largest absolute Gasteiger partial charge is 0.507 e. The molecular weight excluding hydrogens is 524 g/mol. The number of phenolic OH excluding ortho intramolecular Hbond substituents is 2. The molecule has 1 aromatic heterocycles. The number of rotatable bonds is 13. The Morgan fingerprint density at radius 2 is 1.73 bits per heavy atom. The third-order valence-corrected chi connectivity index (χ3v) is 6.56. The van der Waals surface area contributed by atoms with Crippen molar-refractivity contribution in [1.82, 2.24) is 15.1 Å². The van der Waals surface area contributed by atoms with E-state index in [1.54, 1.807) is 20.3 Å². The molecule has 1 amide bonds. The highest BCUT2D eigenvalue weighted by atomic mass is 16.5. The fourth-order valence-electron chi connectivity index (χ4n) is 4.36. The van der Waals surface area contributed by atoms with E-state index in [1.165, 1.54) is 29.8 Å². The van der Waals surface area contributed by atoms with Crippen LogP contribution in [0, 0.1) is 5.92 Å². The fraction of sp³-hybridized carbons (Fsp3) is 0.419. The van der Waals surface area contributed by atoms with Gasteiger partial charge in [0, 0.05) is 20.0 Å². The minimum absolute atomic E-state index is 0.0208. The Balaban J connectivity index is 0.000000446. The maximum Gasteiger partial charge on any atom is 0.278 e. The van der Waals surface area contributed by atoms with E-state index < -0.39 is 0 Å². The highest BCUT2D eigenvalue weighted by molar-refractivity contribution is 5.99. The van der Waals surface area contributed by atoms with Crippen molar-refractivity contribution in [3.8, 4) is 28.4 Å². The van der Waals surface area contributed by atoms with Crippen LogP contribution >= 0.6 is 0 Å². The molecular formula is C31H42N4O6. The monoisotopic (exact) mass is 566 g/mol. The number of nitrogens with two attached hydrogens (primary N) is 1. The highest BCUT2D eigenvalue weighted by Crippen LogP contribution is 2.28. The molecule has 0 saturated heterocycles. The molecule has 222 valence electrons. The number of unbranched alkanes of at least 4 members (excludes halogenated alkanes) is 2. The molecule has 0 bridgehead atoms. The molecule has 1 heterocycles. The van der Waals surface area contributed by atoms with Gasteiger partial charge in [0.1, 0.15) is 17.1 Å².